The van der Waals surface area contributed by atoms with Crippen molar-refractivity contribution in [1.29, 1.82) is 0 Å². The quantitative estimate of drug-likeness (QED) is 0.857. The normalized spacial score (nSPS) is 10.7. The highest BCUT2D eigenvalue weighted by Gasteiger charge is 2.08. The predicted molar refractivity (Wildman–Crippen MR) is 81.1 cm³/mol. The molecule has 0 atom stereocenters. The van der Waals surface area contributed by atoms with Crippen LogP contribution in [0.4, 0.5) is 21.5 Å². The van der Waals surface area contributed by atoms with E-state index in [9.17, 15) is 4.39 Å². The van der Waals surface area contributed by atoms with Gasteiger partial charge in [-0.2, -0.15) is 0 Å². The van der Waals surface area contributed by atoms with Crippen LogP contribution in [-0.2, 0) is 0 Å². The maximum absolute atomic E-state index is 13.3. The van der Waals surface area contributed by atoms with Gasteiger partial charge in [-0.1, -0.05) is 6.07 Å². The average Bonchev–Trinajstić information content (AvgIpc) is 2.36. The summed E-state index contributed by atoms with van der Waals surface area (Å²) >= 11 is 0. The van der Waals surface area contributed by atoms with Gasteiger partial charge in [0, 0.05) is 36.2 Å². The van der Waals surface area contributed by atoms with Crippen molar-refractivity contribution in [3.05, 3.63) is 48.3 Å². The Morgan fingerprint density at radius 3 is 2.50 bits per heavy atom. The van der Waals surface area contributed by atoms with E-state index in [0.717, 1.165) is 11.4 Å². The lowest BCUT2D eigenvalue weighted by atomic mass is 10.2. The number of ether oxygens (including phenoxy) is 1. The summed E-state index contributed by atoms with van der Waals surface area (Å²) in [6.07, 6.45) is 0.0733. The molecule has 0 aromatic heterocycles. The van der Waals surface area contributed by atoms with Crippen molar-refractivity contribution in [2.24, 2.45) is 0 Å². The van der Waals surface area contributed by atoms with Gasteiger partial charge in [0.05, 0.1) is 6.10 Å². The number of hydrogen-bond donors (Lipinski definition) is 1. The van der Waals surface area contributed by atoms with Crippen LogP contribution in [0, 0.1) is 5.82 Å². The molecule has 0 fully saturated rings. The van der Waals surface area contributed by atoms with Crippen molar-refractivity contribution in [1.82, 2.24) is 0 Å². The zero-order chi connectivity index (χ0) is 14.7. The molecule has 106 valence electrons. The lowest BCUT2D eigenvalue weighted by Gasteiger charge is -2.21. The summed E-state index contributed by atoms with van der Waals surface area (Å²) in [6.45, 7) is 3.91. The lowest BCUT2D eigenvalue weighted by Crippen LogP contribution is -2.11. The van der Waals surface area contributed by atoms with E-state index in [1.807, 2.05) is 44.0 Å². The van der Waals surface area contributed by atoms with Gasteiger partial charge in [0.1, 0.15) is 11.6 Å². The van der Waals surface area contributed by atoms with Crippen LogP contribution < -0.4 is 15.4 Å². The topological polar surface area (TPSA) is 38.5 Å². The molecule has 2 N–H and O–H groups in total. The first-order valence-corrected chi connectivity index (χ1v) is 6.52. The van der Waals surface area contributed by atoms with E-state index in [4.69, 9.17) is 10.5 Å². The van der Waals surface area contributed by atoms with Gasteiger partial charge < -0.3 is 15.4 Å². The molecule has 0 aliphatic carbocycles. The van der Waals surface area contributed by atoms with E-state index in [0.29, 0.717) is 11.4 Å². The molecule has 0 unspecified atom stereocenters. The minimum absolute atomic E-state index is 0.0733. The highest BCUT2D eigenvalue weighted by atomic mass is 19.1. The van der Waals surface area contributed by atoms with Crippen molar-refractivity contribution in [3.8, 4) is 5.75 Å². The summed E-state index contributed by atoms with van der Waals surface area (Å²) in [5, 5.41) is 0. The molecule has 3 nitrogen and oxygen atoms in total. The summed E-state index contributed by atoms with van der Waals surface area (Å²) in [5.74, 6) is 0.440. The van der Waals surface area contributed by atoms with E-state index in [-0.39, 0.29) is 11.9 Å². The highest BCUT2D eigenvalue weighted by Crippen LogP contribution is 2.30. The summed E-state index contributed by atoms with van der Waals surface area (Å²) in [4.78, 5) is 1.87. The Morgan fingerprint density at radius 1 is 1.10 bits per heavy atom. The first-order chi connectivity index (χ1) is 9.45. The van der Waals surface area contributed by atoms with Crippen molar-refractivity contribution in [2.75, 3.05) is 17.7 Å². The van der Waals surface area contributed by atoms with Gasteiger partial charge in [-0.05, 0) is 38.1 Å². The van der Waals surface area contributed by atoms with Crippen LogP contribution in [0.3, 0.4) is 0 Å². The third-order valence-electron chi connectivity index (χ3n) is 2.87. The van der Waals surface area contributed by atoms with Gasteiger partial charge in [0.25, 0.3) is 0 Å². The van der Waals surface area contributed by atoms with Crippen molar-refractivity contribution in [2.45, 2.75) is 20.0 Å². The monoisotopic (exact) mass is 274 g/mol. The number of nitrogen functional groups attached to an aromatic ring is 1. The van der Waals surface area contributed by atoms with Crippen LogP contribution >= 0.6 is 0 Å². The van der Waals surface area contributed by atoms with Crippen molar-refractivity contribution < 1.29 is 9.13 Å². The van der Waals surface area contributed by atoms with E-state index in [2.05, 4.69) is 0 Å². The number of anilines is 3. The fourth-order valence-corrected chi connectivity index (χ4v) is 1.97. The number of hydrogen-bond acceptors (Lipinski definition) is 3. The Bertz CT molecular complexity index is 599. The number of halogens is 1. The van der Waals surface area contributed by atoms with Crippen LogP contribution in [0.2, 0.25) is 0 Å². The summed E-state index contributed by atoms with van der Waals surface area (Å²) < 4.78 is 19.0. The third kappa shape index (κ3) is 3.41. The Morgan fingerprint density at radius 2 is 1.85 bits per heavy atom. The molecule has 0 aliphatic rings. The molecule has 0 saturated carbocycles. The average molecular weight is 274 g/mol. The molecule has 0 saturated heterocycles. The molecule has 2 aromatic rings. The minimum atomic E-state index is -0.267. The molecule has 0 radical (unpaired) electrons. The van der Waals surface area contributed by atoms with Gasteiger partial charge in [-0.25, -0.2) is 4.39 Å². The first kappa shape index (κ1) is 14.2. The highest BCUT2D eigenvalue weighted by molar-refractivity contribution is 5.68. The molecule has 0 amide bonds. The van der Waals surface area contributed by atoms with Crippen LogP contribution in [0.5, 0.6) is 5.75 Å². The summed E-state index contributed by atoms with van der Waals surface area (Å²) in [5.41, 5.74) is 8.12. The first-order valence-electron chi connectivity index (χ1n) is 6.52. The van der Waals surface area contributed by atoms with E-state index >= 15 is 0 Å². The Hall–Kier alpha value is -2.23. The zero-order valence-electron chi connectivity index (χ0n) is 11.9. The number of rotatable bonds is 4. The second-order valence-electron chi connectivity index (χ2n) is 4.97. The maximum Gasteiger partial charge on any atom is 0.125 e. The Balaban J connectivity index is 2.34. The largest absolute Gasteiger partial charge is 0.491 e. The molecule has 0 bridgehead atoms. The molecule has 2 rings (SSSR count). The zero-order valence-corrected chi connectivity index (χ0v) is 11.9. The van der Waals surface area contributed by atoms with Gasteiger partial charge in [-0.15, -0.1) is 0 Å². The minimum Gasteiger partial charge on any atom is -0.491 e. The van der Waals surface area contributed by atoms with Crippen molar-refractivity contribution >= 4 is 17.1 Å². The van der Waals surface area contributed by atoms with Crippen LogP contribution in [0.15, 0.2) is 42.5 Å². The smallest absolute Gasteiger partial charge is 0.125 e. The van der Waals surface area contributed by atoms with E-state index in [1.54, 1.807) is 12.1 Å². The Kier molecular flexibility index (Phi) is 4.13. The number of nitrogens with zero attached hydrogens (tertiary/aromatic N) is 1. The maximum atomic E-state index is 13.3. The molecule has 2 aromatic carbocycles. The van der Waals surface area contributed by atoms with Gasteiger partial charge >= 0.3 is 0 Å². The van der Waals surface area contributed by atoms with E-state index in [1.165, 1.54) is 12.1 Å². The van der Waals surface area contributed by atoms with Crippen LogP contribution in [0.1, 0.15) is 13.8 Å². The molecule has 0 heterocycles. The van der Waals surface area contributed by atoms with Gasteiger partial charge in [0.15, 0.2) is 0 Å². The molecule has 20 heavy (non-hydrogen) atoms. The third-order valence-corrected chi connectivity index (χ3v) is 2.87. The second kappa shape index (κ2) is 5.82. The molecule has 0 spiro atoms. The van der Waals surface area contributed by atoms with Gasteiger partial charge in [-0.3, -0.25) is 0 Å². The molecule has 0 aliphatic heterocycles. The summed E-state index contributed by atoms with van der Waals surface area (Å²) in [6, 6.07) is 11.9. The fraction of sp³-hybridized carbons (Fsp3) is 0.250. The van der Waals surface area contributed by atoms with Crippen molar-refractivity contribution in [3.63, 3.8) is 0 Å². The number of benzene rings is 2. The SMILES string of the molecule is CC(C)Oc1cc(N)cc(N(C)c2cccc(F)c2)c1. The standard InChI is InChI=1S/C16H19FN2O/c1-11(2)20-16-9-13(18)8-15(10-16)19(3)14-6-4-5-12(17)7-14/h4-11H,18H2,1-3H3. The molecule has 4 heteroatoms. The van der Waals surface area contributed by atoms with Crippen LogP contribution in [0.25, 0.3) is 0 Å². The van der Waals surface area contributed by atoms with Crippen LogP contribution in [-0.4, -0.2) is 13.2 Å². The van der Waals surface area contributed by atoms with Gasteiger partial charge in [0.2, 0.25) is 0 Å². The fourth-order valence-electron chi connectivity index (χ4n) is 1.97. The Labute approximate surface area is 118 Å². The van der Waals surface area contributed by atoms with E-state index < -0.39 is 0 Å². The molecular formula is C16H19FN2O. The second-order valence-corrected chi connectivity index (χ2v) is 4.97. The lowest BCUT2D eigenvalue weighted by molar-refractivity contribution is 0.242. The summed E-state index contributed by atoms with van der Waals surface area (Å²) in [7, 11) is 1.86. The molecular weight excluding hydrogens is 255 g/mol. The predicted octanol–water partition coefficient (Wildman–Crippen LogP) is 3.96. The number of nitrogens with two attached hydrogens (primary N) is 1.